The van der Waals surface area contributed by atoms with Crippen LogP contribution in [0.4, 0.5) is 0 Å². The fourth-order valence-electron chi connectivity index (χ4n) is 3.20. The van der Waals surface area contributed by atoms with E-state index in [4.69, 9.17) is 5.73 Å². The predicted octanol–water partition coefficient (Wildman–Crippen LogP) is 3.92. The van der Waals surface area contributed by atoms with Gasteiger partial charge in [-0.05, 0) is 51.2 Å². The van der Waals surface area contributed by atoms with Crippen molar-refractivity contribution in [2.45, 2.75) is 71.4 Å². The molecule has 2 rings (SSSR count). The van der Waals surface area contributed by atoms with Crippen molar-refractivity contribution in [3.8, 4) is 0 Å². The van der Waals surface area contributed by atoms with E-state index in [9.17, 15) is 0 Å². The van der Waals surface area contributed by atoms with E-state index in [2.05, 4.69) is 31.4 Å². The molecule has 2 N–H and O–H groups in total. The molecule has 1 aliphatic rings. The van der Waals surface area contributed by atoms with E-state index in [0.717, 1.165) is 18.9 Å². The summed E-state index contributed by atoms with van der Waals surface area (Å²) in [6.07, 6.45) is 7.60. The standard InChI is InChI=1S/C15H26N2.ClH/c1-4-14(16)10-13-9-11(2)17(12(13)3)15-7-5-6-8-15;/h9,14-15H,4-8,10,16H2,1-3H3;1H. The maximum Gasteiger partial charge on any atom is 0.0335 e. The number of aryl methyl sites for hydroxylation is 1. The lowest BCUT2D eigenvalue weighted by Gasteiger charge is -2.18. The molecule has 1 heterocycles. The first-order valence-electron chi connectivity index (χ1n) is 7.06. The van der Waals surface area contributed by atoms with Crippen LogP contribution in [-0.4, -0.2) is 10.6 Å². The maximum atomic E-state index is 6.08. The summed E-state index contributed by atoms with van der Waals surface area (Å²) in [6.45, 7) is 6.68. The molecular weight excluding hydrogens is 244 g/mol. The topological polar surface area (TPSA) is 30.9 Å². The third kappa shape index (κ3) is 3.10. The molecule has 104 valence electrons. The fourth-order valence-corrected chi connectivity index (χ4v) is 3.20. The van der Waals surface area contributed by atoms with E-state index in [1.165, 1.54) is 42.6 Å². The maximum absolute atomic E-state index is 6.08. The Morgan fingerprint density at radius 3 is 2.50 bits per heavy atom. The van der Waals surface area contributed by atoms with Gasteiger partial charge in [0, 0.05) is 23.5 Å². The number of nitrogens with zero attached hydrogens (tertiary/aromatic N) is 1. The lowest BCUT2D eigenvalue weighted by molar-refractivity contribution is 0.498. The molecule has 0 bridgehead atoms. The highest BCUT2D eigenvalue weighted by atomic mass is 35.5. The minimum Gasteiger partial charge on any atom is -0.346 e. The second kappa shape index (κ2) is 6.63. The molecule has 0 aliphatic heterocycles. The Balaban J connectivity index is 0.00000162. The zero-order chi connectivity index (χ0) is 12.4. The van der Waals surface area contributed by atoms with Crippen molar-refractivity contribution < 1.29 is 0 Å². The summed E-state index contributed by atoms with van der Waals surface area (Å²) >= 11 is 0. The average molecular weight is 271 g/mol. The highest BCUT2D eigenvalue weighted by molar-refractivity contribution is 5.85. The van der Waals surface area contributed by atoms with Gasteiger partial charge in [-0.3, -0.25) is 0 Å². The molecular formula is C15H27ClN2. The van der Waals surface area contributed by atoms with E-state index in [1.54, 1.807) is 0 Å². The van der Waals surface area contributed by atoms with E-state index in [0.29, 0.717) is 6.04 Å². The lowest BCUT2D eigenvalue weighted by Crippen LogP contribution is -2.21. The zero-order valence-electron chi connectivity index (χ0n) is 11.9. The Bertz CT molecular complexity index is 378. The first kappa shape index (κ1) is 15.6. The molecule has 1 fully saturated rings. The van der Waals surface area contributed by atoms with Crippen LogP contribution < -0.4 is 5.73 Å². The summed E-state index contributed by atoms with van der Waals surface area (Å²) in [5, 5.41) is 0. The van der Waals surface area contributed by atoms with Crippen LogP contribution in [0.15, 0.2) is 6.07 Å². The Morgan fingerprint density at radius 1 is 1.33 bits per heavy atom. The van der Waals surface area contributed by atoms with Crippen molar-refractivity contribution in [2.24, 2.45) is 5.73 Å². The Morgan fingerprint density at radius 2 is 1.94 bits per heavy atom. The predicted molar refractivity (Wildman–Crippen MR) is 80.6 cm³/mol. The Labute approximate surface area is 117 Å². The molecule has 0 amide bonds. The van der Waals surface area contributed by atoms with Gasteiger partial charge >= 0.3 is 0 Å². The summed E-state index contributed by atoms with van der Waals surface area (Å²) in [6, 6.07) is 3.41. The monoisotopic (exact) mass is 270 g/mol. The third-order valence-corrected chi connectivity index (χ3v) is 4.29. The fraction of sp³-hybridized carbons (Fsp3) is 0.733. The van der Waals surface area contributed by atoms with Crippen LogP contribution >= 0.6 is 12.4 Å². The molecule has 1 unspecified atom stereocenters. The summed E-state index contributed by atoms with van der Waals surface area (Å²) < 4.78 is 2.56. The van der Waals surface area contributed by atoms with Gasteiger partial charge in [-0.1, -0.05) is 19.8 Å². The van der Waals surface area contributed by atoms with Crippen LogP contribution in [0.3, 0.4) is 0 Å². The zero-order valence-corrected chi connectivity index (χ0v) is 12.7. The van der Waals surface area contributed by atoms with Gasteiger partial charge in [0.2, 0.25) is 0 Å². The smallest absolute Gasteiger partial charge is 0.0335 e. The van der Waals surface area contributed by atoms with Crippen LogP contribution in [0, 0.1) is 13.8 Å². The van der Waals surface area contributed by atoms with Crippen LogP contribution in [0.5, 0.6) is 0 Å². The number of hydrogen-bond donors (Lipinski definition) is 1. The number of aromatic nitrogens is 1. The highest BCUT2D eigenvalue weighted by Crippen LogP contribution is 2.33. The van der Waals surface area contributed by atoms with Crippen molar-refractivity contribution in [1.82, 2.24) is 4.57 Å². The van der Waals surface area contributed by atoms with E-state index in [-0.39, 0.29) is 12.4 Å². The Hall–Kier alpha value is -0.470. The van der Waals surface area contributed by atoms with Gasteiger partial charge in [0.15, 0.2) is 0 Å². The minimum atomic E-state index is 0. The second-order valence-corrected chi connectivity index (χ2v) is 5.58. The van der Waals surface area contributed by atoms with E-state index < -0.39 is 0 Å². The SMILES string of the molecule is CCC(N)Cc1cc(C)n(C2CCCC2)c1C.Cl. The second-order valence-electron chi connectivity index (χ2n) is 5.58. The highest BCUT2D eigenvalue weighted by Gasteiger charge is 2.21. The van der Waals surface area contributed by atoms with Crippen LogP contribution in [0.25, 0.3) is 0 Å². The molecule has 1 aromatic rings. The van der Waals surface area contributed by atoms with E-state index in [1.807, 2.05) is 0 Å². The van der Waals surface area contributed by atoms with Crippen molar-refractivity contribution in [3.05, 3.63) is 23.0 Å². The van der Waals surface area contributed by atoms with Gasteiger partial charge in [-0.15, -0.1) is 12.4 Å². The quantitative estimate of drug-likeness (QED) is 0.883. The summed E-state index contributed by atoms with van der Waals surface area (Å²) in [5.74, 6) is 0. The van der Waals surface area contributed by atoms with Gasteiger partial charge in [0.1, 0.15) is 0 Å². The number of hydrogen-bond acceptors (Lipinski definition) is 1. The molecule has 1 aliphatic carbocycles. The van der Waals surface area contributed by atoms with Crippen LogP contribution in [0.1, 0.15) is 62.0 Å². The van der Waals surface area contributed by atoms with Gasteiger partial charge in [0.25, 0.3) is 0 Å². The molecule has 18 heavy (non-hydrogen) atoms. The van der Waals surface area contributed by atoms with Crippen LogP contribution in [-0.2, 0) is 6.42 Å². The lowest BCUT2D eigenvalue weighted by atomic mass is 10.1. The summed E-state index contributed by atoms with van der Waals surface area (Å²) in [7, 11) is 0. The van der Waals surface area contributed by atoms with Crippen molar-refractivity contribution in [3.63, 3.8) is 0 Å². The summed E-state index contributed by atoms with van der Waals surface area (Å²) in [5.41, 5.74) is 10.4. The van der Waals surface area contributed by atoms with Crippen molar-refractivity contribution in [1.29, 1.82) is 0 Å². The van der Waals surface area contributed by atoms with Crippen molar-refractivity contribution in [2.75, 3.05) is 0 Å². The molecule has 2 nitrogen and oxygen atoms in total. The van der Waals surface area contributed by atoms with Gasteiger partial charge in [-0.2, -0.15) is 0 Å². The first-order valence-corrected chi connectivity index (χ1v) is 7.06. The molecule has 0 spiro atoms. The number of nitrogens with two attached hydrogens (primary N) is 1. The largest absolute Gasteiger partial charge is 0.346 e. The number of rotatable bonds is 4. The average Bonchev–Trinajstić information content (AvgIpc) is 2.88. The van der Waals surface area contributed by atoms with Gasteiger partial charge < -0.3 is 10.3 Å². The number of halogens is 1. The van der Waals surface area contributed by atoms with Crippen LogP contribution in [0.2, 0.25) is 0 Å². The summed E-state index contributed by atoms with van der Waals surface area (Å²) in [4.78, 5) is 0. The third-order valence-electron chi connectivity index (χ3n) is 4.29. The first-order chi connectivity index (χ1) is 8.13. The van der Waals surface area contributed by atoms with E-state index >= 15 is 0 Å². The van der Waals surface area contributed by atoms with Crippen molar-refractivity contribution >= 4 is 12.4 Å². The Kier molecular flexibility index (Phi) is 5.74. The van der Waals surface area contributed by atoms with Gasteiger partial charge in [-0.25, -0.2) is 0 Å². The minimum absolute atomic E-state index is 0. The van der Waals surface area contributed by atoms with Gasteiger partial charge in [0.05, 0.1) is 0 Å². The molecule has 3 heteroatoms. The molecule has 1 saturated carbocycles. The normalized spacial score (nSPS) is 17.8. The molecule has 0 radical (unpaired) electrons. The molecule has 1 aromatic heterocycles. The molecule has 0 aromatic carbocycles. The molecule has 0 saturated heterocycles. The molecule has 1 atom stereocenters.